The molecule has 4 aromatic rings. The van der Waals surface area contributed by atoms with Gasteiger partial charge in [0, 0.05) is 4.47 Å². The van der Waals surface area contributed by atoms with Crippen LogP contribution in [0.15, 0.2) is 70.3 Å². The molecular formula is C19H12BrF3N4O. The molecule has 0 aliphatic carbocycles. The summed E-state index contributed by atoms with van der Waals surface area (Å²) < 4.78 is 42.4. The zero-order valence-corrected chi connectivity index (χ0v) is 15.8. The summed E-state index contributed by atoms with van der Waals surface area (Å²) in [6, 6.07) is 12.2. The Labute approximate surface area is 165 Å². The van der Waals surface area contributed by atoms with E-state index in [1.165, 1.54) is 33.9 Å². The van der Waals surface area contributed by atoms with Crippen LogP contribution in [0.1, 0.15) is 11.1 Å². The first-order valence-electron chi connectivity index (χ1n) is 8.18. The number of hydrogen-bond acceptors (Lipinski definition) is 3. The van der Waals surface area contributed by atoms with Gasteiger partial charge < -0.3 is 0 Å². The van der Waals surface area contributed by atoms with Gasteiger partial charge >= 0.3 is 6.18 Å². The number of alkyl halides is 3. The molecule has 0 saturated heterocycles. The average molecular weight is 449 g/mol. The highest BCUT2D eigenvalue weighted by molar-refractivity contribution is 9.10. The van der Waals surface area contributed by atoms with Crippen LogP contribution in [-0.2, 0) is 12.7 Å². The molecule has 2 heterocycles. The van der Waals surface area contributed by atoms with Crippen molar-refractivity contribution in [3.05, 3.63) is 87.0 Å². The first-order chi connectivity index (χ1) is 13.3. The third kappa shape index (κ3) is 3.45. The van der Waals surface area contributed by atoms with E-state index in [1.807, 2.05) is 24.3 Å². The van der Waals surface area contributed by atoms with Crippen molar-refractivity contribution in [3.63, 3.8) is 0 Å². The van der Waals surface area contributed by atoms with Crippen LogP contribution in [0.25, 0.3) is 16.7 Å². The van der Waals surface area contributed by atoms with Gasteiger partial charge in [-0.25, -0.2) is 9.67 Å². The monoisotopic (exact) mass is 448 g/mol. The minimum atomic E-state index is -4.44. The van der Waals surface area contributed by atoms with Crippen molar-refractivity contribution in [3.8, 4) is 5.69 Å². The molecule has 0 unspecified atom stereocenters. The maximum Gasteiger partial charge on any atom is 0.416 e. The summed E-state index contributed by atoms with van der Waals surface area (Å²) in [6.07, 6.45) is -1.70. The van der Waals surface area contributed by atoms with E-state index in [1.54, 1.807) is 0 Å². The first-order valence-corrected chi connectivity index (χ1v) is 8.97. The van der Waals surface area contributed by atoms with Crippen LogP contribution >= 0.6 is 15.9 Å². The highest BCUT2D eigenvalue weighted by Gasteiger charge is 2.30. The lowest BCUT2D eigenvalue weighted by Crippen LogP contribution is -2.21. The summed E-state index contributed by atoms with van der Waals surface area (Å²) in [5.41, 5.74) is 0.354. The summed E-state index contributed by atoms with van der Waals surface area (Å²) in [5.74, 6) is 0. The second-order valence-electron chi connectivity index (χ2n) is 6.15. The van der Waals surface area contributed by atoms with Crippen LogP contribution in [0.4, 0.5) is 13.2 Å². The van der Waals surface area contributed by atoms with Crippen molar-refractivity contribution in [1.82, 2.24) is 19.3 Å². The Kier molecular flexibility index (Phi) is 4.54. The van der Waals surface area contributed by atoms with Crippen LogP contribution in [-0.4, -0.2) is 19.3 Å². The topological polar surface area (TPSA) is 52.7 Å². The molecule has 0 aliphatic rings. The van der Waals surface area contributed by atoms with E-state index in [-0.39, 0.29) is 17.5 Å². The second-order valence-corrected chi connectivity index (χ2v) is 7.06. The molecule has 0 N–H and O–H groups in total. The van der Waals surface area contributed by atoms with E-state index in [4.69, 9.17) is 0 Å². The lowest BCUT2D eigenvalue weighted by molar-refractivity contribution is -0.137. The minimum Gasteiger partial charge on any atom is -0.294 e. The molecule has 0 radical (unpaired) electrons. The predicted molar refractivity (Wildman–Crippen MR) is 101 cm³/mol. The molecule has 2 aromatic carbocycles. The molecule has 0 saturated carbocycles. The van der Waals surface area contributed by atoms with E-state index in [0.29, 0.717) is 11.2 Å². The van der Waals surface area contributed by atoms with Gasteiger partial charge in [-0.3, -0.25) is 9.36 Å². The van der Waals surface area contributed by atoms with Gasteiger partial charge in [-0.2, -0.15) is 18.3 Å². The van der Waals surface area contributed by atoms with Gasteiger partial charge in [0.15, 0.2) is 5.65 Å². The number of halogens is 4. The molecule has 0 fully saturated rings. The molecule has 5 nitrogen and oxygen atoms in total. The number of fused-ring (bicyclic) bond motifs is 1. The van der Waals surface area contributed by atoms with E-state index in [2.05, 4.69) is 26.0 Å². The lowest BCUT2D eigenvalue weighted by atomic mass is 10.1. The summed E-state index contributed by atoms with van der Waals surface area (Å²) in [7, 11) is 0. The fourth-order valence-corrected chi connectivity index (χ4v) is 3.14. The van der Waals surface area contributed by atoms with Gasteiger partial charge in [-0.05, 0) is 42.0 Å². The normalized spacial score (nSPS) is 11.9. The van der Waals surface area contributed by atoms with Crippen LogP contribution in [0.2, 0.25) is 0 Å². The highest BCUT2D eigenvalue weighted by atomic mass is 79.9. The highest BCUT2D eigenvalue weighted by Crippen LogP contribution is 2.29. The quantitative estimate of drug-likeness (QED) is 0.466. The Morgan fingerprint density at radius 2 is 1.82 bits per heavy atom. The van der Waals surface area contributed by atoms with Crippen molar-refractivity contribution < 1.29 is 13.2 Å². The molecule has 0 atom stereocenters. The lowest BCUT2D eigenvalue weighted by Gasteiger charge is -2.10. The van der Waals surface area contributed by atoms with E-state index in [9.17, 15) is 18.0 Å². The molecule has 0 amide bonds. The SMILES string of the molecule is O=c1c2cnn(-c3ccc(Br)cc3)c2ncn1Cc1cccc(C(F)(F)F)c1. The van der Waals surface area contributed by atoms with Crippen molar-refractivity contribution in [1.29, 1.82) is 0 Å². The largest absolute Gasteiger partial charge is 0.416 e. The van der Waals surface area contributed by atoms with Crippen molar-refractivity contribution in [2.24, 2.45) is 0 Å². The van der Waals surface area contributed by atoms with Gasteiger partial charge in [0.2, 0.25) is 0 Å². The predicted octanol–water partition coefficient (Wildman–Crippen LogP) is 4.41. The Bertz CT molecular complexity index is 1210. The van der Waals surface area contributed by atoms with E-state index >= 15 is 0 Å². The third-order valence-corrected chi connectivity index (χ3v) is 4.76. The van der Waals surface area contributed by atoms with E-state index in [0.717, 1.165) is 22.3 Å². The van der Waals surface area contributed by atoms with Crippen LogP contribution < -0.4 is 5.56 Å². The Balaban J connectivity index is 1.72. The molecule has 2 aromatic heterocycles. The van der Waals surface area contributed by atoms with Gasteiger partial charge in [0.25, 0.3) is 5.56 Å². The molecule has 9 heteroatoms. The van der Waals surface area contributed by atoms with Gasteiger partial charge in [-0.1, -0.05) is 28.1 Å². The number of rotatable bonds is 3. The van der Waals surface area contributed by atoms with Gasteiger partial charge in [0.05, 0.1) is 24.0 Å². The molecule has 142 valence electrons. The Hall–Kier alpha value is -2.94. The van der Waals surface area contributed by atoms with Gasteiger partial charge in [-0.15, -0.1) is 0 Å². The Morgan fingerprint density at radius 3 is 2.54 bits per heavy atom. The maximum atomic E-state index is 12.9. The van der Waals surface area contributed by atoms with Crippen molar-refractivity contribution in [2.45, 2.75) is 12.7 Å². The molecule has 0 spiro atoms. The van der Waals surface area contributed by atoms with Crippen molar-refractivity contribution in [2.75, 3.05) is 0 Å². The minimum absolute atomic E-state index is 0.0187. The molecular weight excluding hydrogens is 437 g/mol. The Morgan fingerprint density at radius 1 is 1.07 bits per heavy atom. The van der Waals surface area contributed by atoms with E-state index < -0.39 is 11.7 Å². The zero-order chi connectivity index (χ0) is 19.9. The van der Waals surface area contributed by atoms with Crippen LogP contribution in [0.5, 0.6) is 0 Å². The third-order valence-electron chi connectivity index (χ3n) is 4.23. The summed E-state index contributed by atoms with van der Waals surface area (Å²) in [4.78, 5) is 17.1. The maximum absolute atomic E-state index is 12.9. The molecule has 0 bridgehead atoms. The van der Waals surface area contributed by atoms with Gasteiger partial charge in [0.1, 0.15) is 11.7 Å². The first kappa shape index (κ1) is 18.4. The number of hydrogen-bond donors (Lipinski definition) is 0. The zero-order valence-electron chi connectivity index (χ0n) is 14.2. The smallest absolute Gasteiger partial charge is 0.294 e. The van der Waals surface area contributed by atoms with Crippen molar-refractivity contribution >= 4 is 27.0 Å². The standard InChI is InChI=1S/C19H12BrF3N4O/c20-14-4-6-15(7-5-14)27-17-16(9-25-27)18(28)26(11-24-17)10-12-2-1-3-13(8-12)19(21,22)23/h1-9,11H,10H2. The molecule has 28 heavy (non-hydrogen) atoms. The summed E-state index contributed by atoms with van der Waals surface area (Å²) >= 11 is 3.36. The van der Waals surface area contributed by atoms with Crippen LogP contribution in [0.3, 0.4) is 0 Å². The number of benzene rings is 2. The average Bonchev–Trinajstić information content (AvgIpc) is 3.09. The molecule has 0 aliphatic heterocycles. The number of aromatic nitrogens is 4. The number of nitrogens with zero attached hydrogens (tertiary/aromatic N) is 4. The second kappa shape index (κ2) is 6.90. The molecule has 4 rings (SSSR count). The summed E-state index contributed by atoms with van der Waals surface area (Å²) in [5, 5.41) is 4.52. The fourth-order valence-electron chi connectivity index (χ4n) is 2.88. The fraction of sp³-hybridized carbons (Fsp3) is 0.105. The summed E-state index contributed by atoms with van der Waals surface area (Å²) in [6.45, 7) is -0.0187. The van der Waals surface area contributed by atoms with Crippen LogP contribution in [0, 0.1) is 0 Å².